The SMILES string of the molecule is N#CC1CCCOC1c1cc(Cl)ccc1Br. The van der Waals surface area contributed by atoms with Gasteiger partial charge in [0.05, 0.1) is 18.1 Å². The van der Waals surface area contributed by atoms with Crippen molar-refractivity contribution >= 4 is 27.5 Å². The highest BCUT2D eigenvalue weighted by atomic mass is 79.9. The molecule has 0 saturated carbocycles. The predicted octanol–water partition coefficient (Wildman–Crippen LogP) is 4.09. The van der Waals surface area contributed by atoms with E-state index in [2.05, 4.69) is 22.0 Å². The van der Waals surface area contributed by atoms with E-state index < -0.39 is 0 Å². The minimum Gasteiger partial charge on any atom is -0.372 e. The second kappa shape index (κ2) is 5.18. The number of ether oxygens (including phenoxy) is 1. The lowest BCUT2D eigenvalue weighted by Crippen LogP contribution is -2.21. The van der Waals surface area contributed by atoms with Crippen LogP contribution >= 0.6 is 27.5 Å². The normalized spacial score (nSPS) is 25.1. The Morgan fingerprint density at radius 2 is 2.31 bits per heavy atom. The maximum absolute atomic E-state index is 9.10. The molecule has 0 aromatic heterocycles. The summed E-state index contributed by atoms with van der Waals surface area (Å²) in [5.41, 5.74) is 0.971. The monoisotopic (exact) mass is 299 g/mol. The van der Waals surface area contributed by atoms with Crippen LogP contribution in [0.5, 0.6) is 0 Å². The summed E-state index contributed by atoms with van der Waals surface area (Å²) in [4.78, 5) is 0. The molecular formula is C12H11BrClNO. The average Bonchev–Trinajstić information content (AvgIpc) is 2.32. The molecule has 0 radical (unpaired) electrons. The second-order valence-electron chi connectivity index (χ2n) is 3.84. The summed E-state index contributed by atoms with van der Waals surface area (Å²) in [6, 6.07) is 7.89. The minimum absolute atomic E-state index is 0.0801. The molecule has 1 aromatic carbocycles. The van der Waals surface area contributed by atoms with Crippen molar-refractivity contribution in [3.05, 3.63) is 33.3 Å². The fourth-order valence-corrected chi connectivity index (χ4v) is 2.61. The number of halogens is 2. The molecule has 1 aromatic rings. The fourth-order valence-electron chi connectivity index (χ4n) is 1.95. The third kappa shape index (κ3) is 2.40. The standard InChI is InChI=1S/C12H11BrClNO/c13-11-4-3-9(14)6-10(11)12-8(7-15)2-1-5-16-12/h3-4,6,8,12H,1-2,5H2. The van der Waals surface area contributed by atoms with Crippen LogP contribution in [0.25, 0.3) is 0 Å². The van der Waals surface area contributed by atoms with Crippen molar-refractivity contribution < 1.29 is 4.74 Å². The maximum atomic E-state index is 9.10. The molecule has 0 aliphatic carbocycles. The summed E-state index contributed by atoms with van der Waals surface area (Å²) >= 11 is 9.44. The number of nitrogens with zero attached hydrogens (tertiary/aromatic N) is 1. The van der Waals surface area contributed by atoms with Gasteiger partial charge in [0, 0.05) is 16.1 Å². The van der Waals surface area contributed by atoms with Gasteiger partial charge < -0.3 is 4.74 Å². The van der Waals surface area contributed by atoms with Gasteiger partial charge in [-0.15, -0.1) is 0 Å². The summed E-state index contributed by atoms with van der Waals surface area (Å²) in [6.45, 7) is 0.710. The van der Waals surface area contributed by atoms with Gasteiger partial charge in [-0.1, -0.05) is 27.5 Å². The summed E-state index contributed by atoms with van der Waals surface area (Å²) in [7, 11) is 0. The Morgan fingerprint density at radius 1 is 1.50 bits per heavy atom. The first-order valence-electron chi connectivity index (χ1n) is 5.18. The molecule has 2 atom stereocenters. The van der Waals surface area contributed by atoms with Crippen molar-refractivity contribution in [1.29, 1.82) is 5.26 Å². The molecule has 4 heteroatoms. The zero-order valence-electron chi connectivity index (χ0n) is 8.62. The van der Waals surface area contributed by atoms with Crippen LogP contribution < -0.4 is 0 Å². The molecule has 2 unspecified atom stereocenters. The average molecular weight is 301 g/mol. The zero-order chi connectivity index (χ0) is 11.5. The lowest BCUT2D eigenvalue weighted by atomic mass is 9.91. The first kappa shape index (κ1) is 11.9. The van der Waals surface area contributed by atoms with Gasteiger partial charge in [0.15, 0.2) is 0 Å². The topological polar surface area (TPSA) is 33.0 Å². The highest BCUT2D eigenvalue weighted by Gasteiger charge is 2.28. The maximum Gasteiger partial charge on any atom is 0.0994 e. The van der Waals surface area contributed by atoms with Crippen LogP contribution in [0.4, 0.5) is 0 Å². The van der Waals surface area contributed by atoms with E-state index in [1.807, 2.05) is 18.2 Å². The van der Waals surface area contributed by atoms with Gasteiger partial charge in [0.1, 0.15) is 0 Å². The van der Waals surface area contributed by atoms with Crippen LogP contribution in [-0.4, -0.2) is 6.61 Å². The molecule has 1 saturated heterocycles. The van der Waals surface area contributed by atoms with Crippen LogP contribution in [0.15, 0.2) is 22.7 Å². The Labute approximate surface area is 108 Å². The number of benzene rings is 1. The van der Waals surface area contributed by atoms with E-state index in [1.54, 1.807) is 0 Å². The number of hydrogen-bond acceptors (Lipinski definition) is 2. The summed E-state index contributed by atoms with van der Waals surface area (Å²) in [5.74, 6) is -0.0801. The van der Waals surface area contributed by atoms with Crippen molar-refractivity contribution in [2.75, 3.05) is 6.61 Å². The Morgan fingerprint density at radius 3 is 3.06 bits per heavy atom. The van der Waals surface area contributed by atoms with E-state index in [0.717, 1.165) is 22.9 Å². The van der Waals surface area contributed by atoms with E-state index in [4.69, 9.17) is 21.6 Å². The van der Waals surface area contributed by atoms with Gasteiger partial charge in [-0.25, -0.2) is 0 Å². The van der Waals surface area contributed by atoms with Crippen molar-refractivity contribution in [2.45, 2.75) is 18.9 Å². The molecular weight excluding hydrogens is 289 g/mol. The Hall–Kier alpha value is -0.560. The molecule has 0 spiro atoms. The van der Waals surface area contributed by atoms with Gasteiger partial charge in [0.25, 0.3) is 0 Å². The smallest absolute Gasteiger partial charge is 0.0994 e. The van der Waals surface area contributed by atoms with Crippen LogP contribution in [-0.2, 0) is 4.74 Å². The van der Waals surface area contributed by atoms with Crippen molar-refractivity contribution in [1.82, 2.24) is 0 Å². The van der Waals surface area contributed by atoms with Crippen LogP contribution in [0.1, 0.15) is 24.5 Å². The molecule has 1 heterocycles. The van der Waals surface area contributed by atoms with Crippen LogP contribution in [0, 0.1) is 17.2 Å². The summed E-state index contributed by atoms with van der Waals surface area (Å²) < 4.78 is 6.64. The van der Waals surface area contributed by atoms with Gasteiger partial charge in [-0.2, -0.15) is 5.26 Å². The minimum atomic E-state index is -0.160. The highest BCUT2D eigenvalue weighted by Crippen LogP contribution is 2.37. The molecule has 1 aliphatic rings. The lowest BCUT2D eigenvalue weighted by molar-refractivity contribution is -0.0105. The quantitative estimate of drug-likeness (QED) is 0.782. The largest absolute Gasteiger partial charge is 0.372 e. The van der Waals surface area contributed by atoms with Gasteiger partial charge in [0.2, 0.25) is 0 Å². The van der Waals surface area contributed by atoms with Crippen molar-refractivity contribution in [3.63, 3.8) is 0 Å². The van der Waals surface area contributed by atoms with Crippen molar-refractivity contribution in [2.24, 2.45) is 5.92 Å². The summed E-state index contributed by atoms with van der Waals surface area (Å²) in [5, 5.41) is 9.78. The number of rotatable bonds is 1. The molecule has 84 valence electrons. The van der Waals surface area contributed by atoms with Gasteiger partial charge in [-0.3, -0.25) is 0 Å². The number of nitriles is 1. The molecule has 2 rings (SSSR count). The Kier molecular flexibility index (Phi) is 3.86. The van der Waals surface area contributed by atoms with E-state index in [9.17, 15) is 0 Å². The number of hydrogen-bond donors (Lipinski definition) is 0. The highest BCUT2D eigenvalue weighted by molar-refractivity contribution is 9.10. The van der Waals surface area contributed by atoms with Crippen LogP contribution in [0.2, 0.25) is 5.02 Å². The van der Waals surface area contributed by atoms with E-state index in [-0.39, 0.29) is 12.0 Å². The summed E-state index contributed by atoms with van der Waals surface area (Å²) in [6.07, 6.45) is 1.68. The molecule has 0 amide bonds. The van der Waals surface area contributed by atoms with Crippen molar-refractivity contribution in [3.8, 4) is 6.07 Å². The third-order valence-electron chi connectivity index (χ3n) is 2.75. The Balaban J connectivity index is 2.34. The lowest BCUT2D eigenvalue weighted by Gasteiger charge is -2.28. The molecule has 1 aliphatic heterocycles. The molecule has 0 N–H and O–H groups in total. The van der Waals surface area contributed by atoms with E-state index in [1.165, 1.54) is 0 Å². The Bertz CT molecular complexity index is 430. The third-order valence-corrected chi connectivity index (χ3v) is 3.71. The first-order valence-corrected chi connectivity index (χ1v) is 6.35. The second-order valence-corrected chi connectivity index (χ2v) is 5.13. The molecule has 16 heavy (non-hydrogen) atoms. The van der Waals surface area contributed by atoms with Gasteiger partial charge >= 0.3 is 0 Å². The zero-order valence-corrected chi connectivity index (χ0v) is 11.0. The van der Waals surface area contributed by atoms with Crippen LogP contribution in [0.3, 0.4) is 0 Å². The molecule has 1 fully saturated rings. The molecule has 2 nitrogen and oxygen atoms in total. The van der Waals surface area contributed by atoms with E-state index in [0.29, 0.717) is 11.6 Å². The first-order chi connectivity index (χ1) is 7.72. The van der Waals surface area contributed by atoms with E-state index >= 15 is 0 Å². The fraction of sp³-hybridized carbons (Fsp3) is 0.417. The molecule has 0 bridgehead atoms. The van der Waals surface area contributed by atoms with Gasteiger partial charge in [-0.05, 0) is 36.6 Å². The predicted molar refractivity (Wildman–Crippen MR) is 66.2 cm³/mol.